The number of nitrogens with zero attached hydrogens (tertiary/aromatic N) is 2. The first kappa shape index (κ1) is 16.5. The van der Waals surface area contributed by atoms with Gasteiger partial charge in [-0.1, -0.05) is 38.1 Å². The zero-order valence-corrected chi connectivity index (χ0v) is 13.8. The number of carbonyl (C=O) groups is 2. The van der Waals surface area contributed by atoms with Crippen LogP contribution in [0.15, 0.2) is 24.3 Å². The number of benzene rings is 1. The van der Waals surface area contributed by atoms with Crippen LogP contribution < -0.4 is 0 Å². The van der Waals surface area contributed by atoms with Crippen molar-refractivity contribution in [1.29, 1.82) is 0 Å². The topological polar surface area (TPSA) is 40.6 Å². The molecule has 0 N–H and O–H groups in total. The van der Waals surface area contributed by atoms with Crippen LogP contribution >= 0.6 is 0 Å². The molecule has 0 aromatic heterocycles. The van der Waals surface area contributed by atoms with Crippen molar-refractivity contribution >= 4 is 11.8 Å². The van der Waals surface area contributed by atoms with E-state index in [0.717, 1.165) is 11.1 Å². The second-order valence-electron chi connectivity index (χ2n) is 6.46. The van der Waals surface area contributed by atoms with Crippen LogP contribution in [0.25, 0.3) is 0 Å². The van der Waals surface area contributed by atoms with Crippen molar-refractivity contribution in [3.05, 3.63) is 35.4 Å². The molecule has 2 rings (SSSR count). The van der Waals surface area contributed by atoms with E-state index in [4.69, 9.17) is 0 Å². The third-order valence-electron chi connectivity index (χ3n) is 4.17. The van der Waals surface area contributed by atoms with Crippen molar-refractivity contribution in [2.45, 2.75) is 33.6 Å². The molecule has 0 saturated carbocycles. The van der Waals surface area contributed by atoms with Gasteiger partial charge in [0, 0.05) is 32.6 Å². The maximum absolute atomic E-state index is 12.4. The lowest BCUT2D eigenvalue weighted by atomic mass is 10.0. The molecule has 1 aromatic rings. The number of hydrogen-bond donors (Lipinski definition) is 0. The smallest absolute Gasteiger partial charge is 0.227 e. The molecule has 1 heterocycles. The van der Waals surface area contributed by atoms with Gasteiger partial charge in [0.2, 0.25) is 11.8 Å². The standard InChI is InChI=1S/C18H26N2O2/c1-14(2)12-17(21)19-8-10-20(11-9-19)18(22)13-16-7-5-4-6-15(16)3/h4-7,14H,8-13H2,1-3H3. The zero-order chi connectivity index (χ0) is 16.1. The maximum atomic E-state index is 12.4. The van der Waals surface area contributed by atoms with Crippen molar-refractivity contribution in [2.24, 2.45) is 5.92 Å². The van der Waals surface area contributed by atoms with E-state index in [2.05, 4.69) is 13.8 Å². The quantitative estimate of drug-likeness (QED) is 0.856. The van der Waals surface area contributed by atoms with Gasteiger partial charge in [-0.15, -0.1) is 0 Å². The molecule has 4 nitrogen and oxygen atoms in total. The van der Waals surface area contributed by atoms with Crippen LogP contribution in [-0.2, 0) is 16.0 Å². The van der Waals surface area contributed by atoms with Crippen molar-refractivity contribution in [2.75, 3.05) is 26.2 Å². The normalized spacial score (nSPS) is 15.3. The fourth-order valence-electron chi connectivity index (χ4n) is 2.77. The summed E-state index contributed by atoms with van der Waals surface area (Å²) in [6, 6.07) is 8.00. The van der Waals surface area contributed by atoms with E-state index in [9.17, 15) is 9.59 Å². The zero-order valence-electron chi connectivity index (χ0n) is 13.8. The van der Waals surface area contributed by atoms with E-state index in [0.29, 0.717) is 44.9 Å². The lowest BCUT2D eigenvalue weighted by Gasteiger charge is -2.35. The highest BCUT2D eigenvalue weighted by atomic mass is 16.2. The van der Waals surface area contributed by atoms with Crippen LogP contribution in [0.4, 0.5) is 0 Å². The minimum Gasteiger partial charge on any atom is -0.339 e. The lowest BCUT2D eigenvalue weighted by Crippen LogP contribution is -2.51. The summed E-state index contributed by atoms with van der Waals surface area (Å²) in [7, 11) is 0. The Labute approximate surface area is 133 Å². The third-order valence-corrected chi connectivity index (χ3v) is 4.17. The van der Waals surface area contributed by atoms with Gasteiger partial charge in [-0.3, -0.25) is 9.59 Å². The van der Waals surface area contributed by atoms with Gasteiger partial charge in [0.05, 0.1) is 6.42 Å². The van der Waals surface area contributed by atoms with Gasteiger partial charge < -0.3 is 9.80 Å². The number of amides is 2. The highest BCUT2D eigenvalue weighted by Gasteiger charge is 2.24. The van der Waals surface area contributed by atoms with Crippen molar-refractivity contribution < 1.29 is 9.59 Å². The van der Waals surface area contributed by atoms with E-state index in [1.54, 1.807) is 0 Å². The summed E-state index contributed by atoms with van der Waals surface area (Å²) in [4.78, 5) is 28.2. The van der Waals surface area contributed by atoms with Crippen LogP contribution in [0.1, 0.15) is 31.4 Å². The number of carbonyl (C=O) groups excluding carboxylic acids is 2. The monoisotopic (exact) mass is 302 g/mol. The summed E-state index contributed by atoms with van der Waals surface area (Å²) in [6.45, 7) is 8.75. The van der Waals surface area contributed by atoms with Gasteiger partial charge >= 0.3 is 0 Å². The van der Waals surface area contributed by atoms with Gasteiger partial charge in [0.15, 0.2) is 0 Å². The second kappa shape index (κ2) is 7.43. The van der Waals surface area contributed by atoms with E-state index < -0.39 is 0 Å². The summed E-state index contributed by atoms with van der Waals surface area (Å²) in [5, 5.41) is 0. The summed E-state index contributed by atoms with van der Waals surface area (Å²) >= 11 is 0. The van der Waals surface area contributed by atoms with Gasteiger partial charge in [0.25, 0.3) is 0 Å². The molecule has 0 bridgehead atoms. The fourth-order valence-corrected chi connectivity index (χ4v) is 2.77. The average Bonchev–Trinajstić information content (AvgIpc) is 2.49. The Balaban J connectivity index is 1.85. The first-order valence-corrected chi connectivity index (χ1v) is 8.07. The van der Waals surface area contributed by atoms with Crippen LogP contribution in [-0.4, -0.2) is 47.8 Å². The molecular weight excluding hydrogens is 276 g/mol. The van der Waals surface area contributed by atoms with Gasteiger partial charge in [-0.2, -0.15) is 0 Å². The minimum absolute atomic E-state index is 0.158. The highest BCUT2D eigenvalue weighted by molar-refractivity contribution is 5.80. The van der Waals surface area contributed by atoms with Gasteiger partial charge in [-0.25, -0.2) is 0 Å². The van der Waals surface area contributed by atoms with Crippen LogP contribution in [0.5, 0.6) is 0 Å². The highest BCUT2D eigenvalue weighted by Crippen LogP contribution is 2.12. The molecule has 0 unspecified atom stereocenters. The Morgan fingerprint density at radius 1 is 1.00 bits per heavy atom. The summed E-state index contributed by atoms with van der Waals surface area (Å²) in [5.74, 6) is 0.750. The second-order valence-corrected chi connectivity index (χ2v) is 6.46. The number of hydrogen-bond acceptors (Lipinski definition) is 2. The molecule has 2 amide bonds. The predicted molar refractivity (Wildman–Crippen MR) is 87.5 cm³/mol. The number of rotatable bonds is 4. The maximum Gasteiger partial charge on any atom is 0.227 e. The third kappa shape index (κ3) is 4.33. The Kier molecular flexibility index (Phi) is 5.58. The molecule has 0 spiro atoms. The average molecular weight is 302 g/mol. The van der Waals surface area contributed by atoms with E-state index in [1.165, 1.54) is 0 Å². The van der Waals surface area contributed by atoms with Crippen molar-refractivity contribution in [3.8, 4) is 0 Å². The summed E-state index contributed by atoms with van der Waals surface area (Å²) < 4.78 is 0. The molecule has 1 fully saturated rings. The first-order valence-electron chi connectivity index (χ1n) is 8.07. The summed E-state index contributed by atoms with van der Waals surface area (Å²) in [6.07, 6.45) is 1.05. The molecule has 0 atom stereocenters. The predicted octanol–water partition coefficient (Wildman–Crippen LogP) is 2.25. The van der Waals surface area contributed by atoms with E-state index >= 15 is 0 Å². The Morgan fingerprint density at radius 3 is 2.09 bits per heavy atom. The molecule has 0 aliphatic carbocycles. The molecule has 1 aromatic carbocycles. The first-order chi connectivity index (χ1) is 10.5. The van der Waals surface area contributed by atoms with Crippen LogP contribution in [0.2, 0.25) is 0 Å². The number of piperazine rings is 1. The molecule has 4 heteroatoms. The van der Waals surface area contributed by atoms with Crippen molar-refractivity contribution in [1.82, 2.24) is 9.80 Å². The van der Waals surface area contributed by atoms with E-state index in [-0.39, 0.29) is 11.8 Å². The molecule has 120 valence electrons. The molecule has 1 aliphatic heterocycles. The minimum atomic E-state index is 0.158. The Bertz CT molecular complexity index is 532. The van der Waals surface area contributed by atoms with E-state index in [1.807, 2.05) is 41.0 Å². The Hall–Kier alpha value is -1.84. The molecule has 0 radical (unpaired) electrons. The van der Waals surface area contributed by atoms with Gasteiger partial charge in [-0.05, 0) is 24.0 Å². The SMILES string of the molecule is Cc1ccccc1CC(=O)N1CCN(C(=O)CC(C)C)CC1. The molecule has 1 saturated heterocycles. The summed E-state index contributed by atoms with van der Waals surface area (Å²) in [5.41, 5.74) is 2.24. The molecule has 1 aliphatic rings. The van der Waals surface area contributed by atoms with Crippen molar-refractivity contribution in [3.63, 3.8) is 0 Å². The van der Waals surface area contributed by atoms with Crippen LogP contribution in [0.3, 0.4) is 0 Å². The molecular formula is C18H26N2O2. The van der Waals surface area contributed by atoms with Crippen LogP contribution in [0, 0.1) is 12.8 Å². The number of aryl methyl sites for hydroxylation is 1. The Morgan fingerprint density at radius 2 is 1.55 bits per heavy atom. The lowest BCUT2D eigenvalue weighted by molar-refractivity contribution is -0.139. The van der Waals surface area contributed by atoms with Gasteiger partial charge in [0.1, 0.15) is 0 Å². The molecule has 22 heavy (non-hydrogen) atoms. The fraction of sp³-hybridized carbons (Fsp3) is 0.556. The largest absolute Gasteiger partial charge is 0.339 e.